The van der Waals surface area contributed by atoms with Crippen molar-refractivity contribution in [3.63, 3.8) is 0 Å². The number of aromatic nitrogens is 4. The normalized spacial score (nSPS) is 21.3. The van der Waals surface area contributed by atoms with Crippen molar-refractivity contribution in [2.75, 3.05) is 11.4 Å². The molecule has 5 rings (SSSR count). The van der Waals surface area contributed by atoms with Gasteiger partial charge in [0, 0.05) is 37.2 Å². The Kier molecular flexibility index (Phi) is 4.29. The average Bonchev–Trinajstić information content (AvgIpc) is 3.08. The van der Waals surface area contributed by atoms with Crippen LogP contribution in [0.2, 0.25) is 5.02 Å². The molecule has 1 saturated carbocycles. The molecule has 0 saturated heterocycles. The molecule has 0 radical (unpaired) electrons. The molecule has 3 aromatic rings. The Morgan fingerprint density at radius 1 is 1.21 bits per heavy atom. The summed E-state index contributed by atoms with van der Waals surface area (Å²) < 4.78 is 4.67. The van der Waals surface area contributed by atoms with Crippen LogP contribution < -0.4 is 21.9 Å². The van der Waals surface area contributed by atoms with Crippen molar-refractivity contribution in [3.8, 4) is 0 Å². The number of nitrogens with two attached hydrogens (primary N) is 1. The average molecular weight is 415 g/mol. The topological polar surface area (TPSA) is 91.1 Å². The van der Waals surface area contributed by atoms with Crippen LogP contribution in [0.5, 0.6) is 0 Å². The molecule has 3 heterocycles. The monoisotopic (exact) mass is 414 g/mol. The van der Waals surface area contributed by atoms with E-state index in [1.807, 2.05) is 22.8 Å². The highest BCUT2D eigenvalue weighted by Crippen LogP contribution is 2.32. The first-order chi connectivity index (χ1) is 14.0. The number of hydrogen-bond acceptors (Lipinski definition) is 5. The molecule has 1 aliphatic heterocycles. The maximum absolute atomic E-state index is 13.4. The third-order valence-corrected chi connectivity index (χ3v) is 6.50. The first kappa shape index (κ1) is 18.4. The Morgan fingerprint density at radius 2 is 1.97 bits per heavy atom. The van der Waals surface area contributed by atoms with Gasteiger partial charge in [-0.1, -0.05) is 29.8 Å². The van der Waals surface area contributed by atoms with Crippen molar-refractivity contribution >= 4 is 28.7 Å². The van der Waals surface area contributed by atoms with Gasteiger partial charge in [0.15, 0.2) is 11.2 Å². The molecule has 29 heavy (non-hydrogen) atoms. The minimum Gasteiger partial charge on any atom is -0.339 e. The van der Waals surface area contributed by atoms with Crippen molar-refractivity contribution in [2.24, 2.45) is 12.8 Å². The number of fused-ring (bicyclic) bond motifs is 3. The predicted octanol–water partition coefficient (Wildman–Crippen LogP) is 1.30. The van der Waals surface area contributed by atoms with Gasteiger partial charge in [0.2, 0.25) is 5.95 Å². The second-order valence-corrected chi connectivity index (χ2v) is 8.40. The molecular formula is C20H23ClN6O2. The zero-order chi connectivity index (χ0) is 20.3. The van der Waals surface area contributed by atoms with E-state index in [0.717, 1.165) is 37.3 Å². The van der Waals surface area contributed by atoms with E-state index in [4.69, 9.17) is 22.3 Å². The van der Waals surface area contributed by atoms with Gasteiger partial charge in [-0.25, -0.2) is 4.79 Å². The molecule has 0 spiro atoms. The number of imidazole rings is 1. The van der Waals surface area contributed by atoms with Gasteiger partial charge in [0.25, 0.3) is 5.56 Å². The van der Waals surface area contributed by atoms with E-state index >= 15 is 0 Å². The zero-order valence-corrected chi connectivity index (χ0v) is 17.0. The Bertz CT molecular complexity index is 1220. The van der Waals surface area contributed by atoms with Gasteiger partial charge >= 0.3 is 5.69 Å². The van der Waals surface area contributed by atoms with Crippen LogP contribution in [0.4, 0.5) is 5.95 Å². The van der Waals surface area contributed by atoms with Crippen molar-refractivity contribution in [2.45, 2.75) is 44.4 Å². The van der Waals surface area contributed by atoms with E-state index in [0.29, 0.717) is 28.8 Å². The number of benzene rings is 1. The quantitative estimate of drug-likeness (QED) is 0.697. The van der Waals surface area contributed by atoms with Gasteiger partial charge in [-0.05, 0) is 30.9 Å². The van der Waals surface area contributed by atoms with Crippen LogP contribution in [-0.2, 0) is 20.1 Å². The van der Waals surface area contributed by atoms with E-state index < -0.39 is 5.69 Å². The minimum atomic E-state index is -0.393. The van der Waals surface area contributed by atoms with Gasteiger partial charge in [-0.3, -0.25) is 13.9 Å². The Balaban J connectivity index is 1.67. The Morgan fingerprint density at radius 3 is 2.69 bits per heavy atom. The second-order valence-electron chi connectivity index (χ2n) is 7.99. The van der Waals surface area contributed by atoms with Gasteiger partial charge < -0.3 is 15.2 Å². The highest BCUT2D eigenvalue weighted by Gasteiger charge is 2.36. The molecule has 9 heteroatoms. The predicted molar refractivity (Wildman–Crippen MR) is 113 cm³/mol. The molecule has 1 aromatic carbocycles. The van der Waals surface area contributed by atoms with Crippen LogP contribution in [0.1, 0.15) is 24.8 Å². The third-order valence-electron chi connectivity index (χ3n) is 6.13. The first-order valence-electron chi connectivity index (χ1n) is 9.91. The maximum atomic E-state index is 13.4. The summed E-state index contributed by atoms with van der Waals surface area (Å²) in [7, 11) is 1.66. The molecule has 0 atom stereocenters. The van der Waals surface area contributed by atoms with Crippen LogP contribution in [-0.4, -0.2) is 37.3 Å². The van der Waals surface area contributed by atoms with E-state index in [2.05, 4.69) is 4.90 Å². The molecule has 2 aliphatic rings. The van der Waals surface area contributed by atoms with Crippen molar-refractivity contribution in [1.29, 1.82) is 0 Å². The Hall–Kier alpha value is -2.58. The van der Waals surface area contributed by atoms with E-state index in [-0.39, 0.29) is 18.1 Å². The fourth-order valence-electron chi connectivity index (χ4n) is 4.46. The van der Waals surface area contributed by atoms with Crippen LogP contribution in [0.25, 0.3) is 11.2 Å². The molecule has 2 aromatic heterocycles. The van der Waals surface area contributed by atoms with E-state index in [9.17, 15) is 9.59 Å². The number of rotatable bonds is 3. The molecule has 0 unspecified atom stereocenters. The highest BCUT2D eigenvalue weighted by atomic mass is 35.5. The summed E-state index contributed by atoms with van der Waals surface area (Å²) >= 11 is 6.26. The smallest absolute Gasteiger partial charge is 0.332 e. The number of hydrogen-bond donors (Lipinski definition) is 1. The zero-order valence-electron chi connectivity index (χ0n) is 16.2. The van der Waals surface area contributed by atoms with Gasteiger partial charge in [0.05, 0.1) is 6.54 Å². The fourth-order valence-corrected chi connectivity index (χ4v) is 4.65. The highest BCUT2D eigenvalue weighted by molar-refractivity contribution is 6.31. The molecule has 0 amide bonds. The van der Waals surface area contributed by atoms with Crippen LogP contribution in [0.15, 0.2) is 33.9 Å². The third kappa shape index (κ3) is 2.81. The molecule has 1 aliphatic carbocycles. The second kappa shape index (κ2) is 6.74. The largest absolute Gasteiger partial charge is 0.339 e. The minimum absolute atomic E-state index is 0.128. The summed E-state index contributed by atoms with van der Waals surface area (Å²) in [5.74, 6) is 0.769. The van der Waals surface area contributed by atoms with Crippen LogP contribution >= 0.6 is 11.6 Å². The standard InChI is InChI=1S/C20H23ClN6O2/c1-24-17-16(18(28)27(20(24)29)11-12-5-2-3-6-15(12)21)26-8-4-7-25(19(26)23-17)14-9-13(22)10-14/h2-3,5-6,13-14H,4,7-11,22H2,1H3. The summed E-state index contributed by atoms with van der Waals surface area (Å²) in [6, 6.07) is 7.83. The fraction of sp³-hybridized carbons (Fsp3) is 0.450. The number of nitrogens with zero attached hydrogens (tertiary/aromatic N) is 5. The van der Waals surface area contributed by atoms with Crippen molar-refractivity contribution in [1.82, 2.24) is 18.7 Å². The van der Waals surface area contributed by atoms with Crippen molar-refractivity contribution in [3.05, 3.63) is 55.7 Å². The molecular weight excluding hydrogens is 392 g/mol. The summed E-state index contributed by atoms with van der Waals surface area (Å²) in [5.41, 5.74) is 6.90. The lowest BCUT2D eigenvalue weighted by Gasteiger charge is -2.43. The molecule has 8 nitrogen and oxygen atoms in total. The van der Waals surface area contributed by atoms with Crippen LogP contribution in [0.3, 0.4) is 0 Å². The van der Waals surface area contributed by atoms with E-state index in [1.165, 1.54) is 9.13 Å². The van der Waals surface area contributed by atoms with Gasteiger partial charge in [0.1, 0.15) is 0 Å². The SMILES string of the molecule is Cn1c(=O)n(Cc2ccccc2Cl)c(=O)c2c1nc1n2CCCN1C1CC(N)C1. The summed E-state index contributed by atoms with van der Waals surface area (Å²) in [6.07, 6.45) is 2.79. The lowest BCUT2D eigenvalue weighted by molar-refractivity contribution is 0.315. The lowest BCUT2D eigenvalue weighted by atomic mass is 9.86. The maximum Gasteiger partial charge on any atom is 0.332 e. The molecule has 152 valence electrons. The first-order valence-corrected chi connectivity index (χ1v) is 10.3. The molecule has 2 N–H and O–H groups in total. The lowest BCUT2D eigenvalue weighted by Crippen LogP contribution is -2.53. The molecule has 1 fully saturated rings. The van der Waals surface area contributed by atoms with Gasteiger partial charge in [-0.15, -0.1) is 0 Å². The molecule has 0 bridgehead atoms. The van der Waals surface area contributed by atoms with E-state index in [1.54, 1.807) is 13.1 Å². The van der Waals surface area contributed by atoms with Crippen molar-refractivity contribution < 1.29 is 0 Å². The number of anilines is 1. The summed E-state index contributed by atoms with van der Waals surface area (Å²) in [6.45, 7) is 1.73. The van der Waals surface area contributed by atoms with Gasteiger partial charge in [-0.2, -0.15) is 4.98 Å². The summed E-state index contributed by atoms with van der Waals surface area (Å²) in [5, 5.41) is 0.532. The summed E-state index contributed by atoms with van der Waals surface area (Å²) in [4.78, 5) is 33.3. The number of halogens is 1. The van der Waals surface area contributed by atoms with Crippen LogP contribution in [0, 0.1) is 0 Å². The number of aryl methyl sites for hydroxylation is 2. The Labute approximate surface area is 172 Å².